The lowest BCUT2D eigenvalue weighted by atomic mass is 10.2. The van der Waals surface area contributed by atoms with Crippen LogP contribution in [0.2, 0.25) is 0 Å². The SMILES string of the molecule is CC(C)(C)OC(=O)Nc1nc(C(=N)C(=O)On2c(O)ccc2O)ns1. The van der Waals surface area contributed by atoms with Crippen molar-refractivity contribution in [2.45, 2.75) is 26.4 Å². The van der Waals surface area contributed by atoms with Crippen molar-refractivity contribution >= 4 is 34.4 Å². The summed E-state index contributed by atoms with van der Waals surface area (Å²) in [5.41, 5.74) is -1.43. The molecule has 25 heavy (non-hydrogen) atoms. The van der Waals surface area contributed by atoms with Gasteiger partial charge in [0.05, 0.1) is 0 Å². The fraction of sp³-hybridized carbons (Fsp3) is 0.308. The number of hydrogen-bond acceptors (Lipinski definition) is 10. The smallest absolute Gasteiger partial charge is 0.414 e. The van der Waals surface area contributed by atoms with E-state index in [1.54, 1.807) is 20.8 Å². The fourth-order valence-corrected chi connectivity index (χ4v) is 2.04. The van der Waals surface area contributed by atoms with Gasteiger partial charge in [0.2, 0.25) is 16.9 Å². The minimum Gasteiger partial charge on any atom is -0.492 e. The van der Waals surface area contributed by atoms with Gasteiger partial charge in [-0.05, 0) is 20.8 Å². The average molecular weight is 369 g/mol. The predicted octanol–water partition coefficient (Wildman–Crippen LogP) is 1.12. The van der Waals surface area contributed by atoms with Crippen LogP contribution < -0.4 is 10.2 Å². The summed E-state index contributed by atoms with van der Waals surface area (Å²) >= 11 is 0.737. The highest BCUT2D eigenvalue weighted by Gasteiger charge is 2.23. The van der Waals surface area contributed by atoms with E-state index in [9.17, 15) is 19.8 Å². The molecule has 0 unspecified atom stereocenters. The topological polar surface area (TPSA) is 160 Å². The van der Waals surface area contributed by atoms with Gasteiger partial charge < -0.3 is 19.8 Å². The molecular weight excluding hydrogens is 354 g/mol. The number of aromatic nitrogens is 3. The van der Waals surface area contributed by atoms with E-state index >= 15 is 0 Å². The van der Waals surface area contributed by atoms with Crippen molar-refractivity contribution < 1.29 is 29.4 Å². The van der Waals surface area contributed by atoms with Crippen molar-refractivity contribution in [1.82, 2.24) is 14.1 Å². The molecule has 0 saturated carbocycles. The molecule has 0 aliphatic rings. The summed E-state index contributed by atoms with van der Waals surface area (Å²) in [6.07, 6.45) is -0.758. The molecule has 134 valence electrons. The number of aromatic hydroxyl groups is 2. The highest BCUT2D eigenvalue weighted by atomic mass is 32.1. The molecule has 0 spiro atoms. The maximum atomic E-state index is 11.9. The number of anilines is 1. The van der Waals surface area contributed by atoms with E-state index < -0.39 is 35.1 Å². The molecule has 0 aliphatic heterocycles. The summed E-state index contributed by atoms with van der Waals surface area (Å²) in [7, 11) is 0. The van der Waals surface area contributed by atoms with Gasteiger partial charge in [-0.25, -0.2) is 9.59 Å². The lowest BCUT2D eigenvalue weighted by Gasteiger charge is -2.18. The number of hydrogen-bond donors (Lipinski definition) is 4. The van der Waals surface area contributed by atoms with Gasteiger partial charge in [-0.15, -0.1) is 4.73 Å². The first-order chi connectivity index (χ1) is 11.6. The van der Waals surface area contributed by atoms with E-state index in [4.69, 9.17) is 10.1 Å². The lowest BCUT2D eigenvalue weighted by molar-refractivity contribution is -0.137. The zero-order valence-corrected chi connectivity index (χ0v) is 14.2. The zero-order valence-electron chi connectivity index (χ0n) is 13.4. The van der Waals surface area contributed by atoms with E-state index in [-0.39, 0.29) is 11.0 Å². The van der Waals surface area contributed by atoms with Crippen LogP contribution in [0.4, 0.5) is 9.93 Å². The summed E-state index contributed by atoms with van der Waals surface area (Å²) in [4.78, 5) is 32.0. The Morgan fingerprint density at radius 1 is 1.28 bits per heavy atom. The molecule has 4 N–H and O–H groups in total. The van der Waals surface area contributed by atoms with E-state index in [2.05, 4.69) is 19.5 Å². The van der Waals surface area contributed by atoms with Gasteiger partial charge >= 0.3 is 12.1 Å². The number of nitrogens with zero attached hydrogens (tertiary/aromatic N) is 3. The number of ether oxygens (including phenoxy) is 1. The second-order valence-electron chi connectivity index (χ2n) is 5.65. The molecule has 11 nitrogen and oxygen atoms in total. The van der Waals surface area contributed by atoms with Gasteiger partial charge in [0, 0.05) is 23.7 Å². The third-order valence-corrected chi connectivity index (χ3v) is 3.06. The second-order valence-corrected chi connectivity index (χ2v) is 6.40. The van der Waals surface area contributed by atoms with Crippen LogP contribution in [0.25, 0.3) is 0 Å². The van der Waals surface area contributed by atoms with E-state index in [0.29, 0.717) is 4.73 Å². The first-order valence-electron chi connectivity index (χ1n) is 6.82. The van der Waals surface area contributed by atoms with Gasteiger partial charge in [-0.2, -0.15) is 9.36 Å². The Morgan fingerprint density at radius 3 is 2.44 bits per heavy atom. The van der Waals surface area contributed by atoms with Crippen LogP contribution >= 0.6 is 11.5 Å². The van der Waals surface area contributed by atoms with Crippen LogP contribution in [-0.4, -0.2) is 47.7 Å². The van der Waals surface area contributed by atoms with Crippen LogP contribution in [-0.2, 0) is 9.53 Å². The van der Waals surface area contributed by atoms with Gasteiger partial charge in [0.25, 0.3) is 0 Å². The standard InChI is InChI=1S/C13H15N5O6S/c1-13(2,3)23-12(22)16-11-15-9(17-25-11)8(14)10(21)24-18-6(19)4-5-7(18)20/h4-5,14,19-20H,1-3H3,(H,15,16,17,22). The van der Waals surface area contributed by atoms with Crippen LogP contribution in [0.15, 0.2) is 12.1 Å². The molecule has 2 aromatic rings. The second kappa shape index (κ2) is 6.76. The molecule has 2 rings (SSSR count). The quantitative estimate of drug-likeness (QED) is 0.583. The number of carbonyl (C=O) groups excluding carboxylic acids is 2. The Balaban J connectivity index is 2.02. The van der Waals surface area contributed by atoms with Crippen molar-refractivity contribution in [3.63, 3.8) is 0 Å². The summed E-state index contributed by atoms with van der Waals surface area (Å²) in [6.45, 7) is 5.07. The Bertz CT molecular complexity index is 802. The summed E-state index contributed by atoms with van der Waals surface area (Å²) in [5, 5.41) is 28.8. The van der Waals surface area contributed by atoms with Crippen LogP contribution in [0, 0.1) is 5.41 Å². The Morgan fingerprint density at radius 2 is 1.88 bits per heavy atom. The van der Waals surface area contributed by atoms with Crippen molar-refractivity contribution in [3.8, 4) is 11.8 Å². The van der Waals surface area contributed by atoms with Gasteiger partial charge in [-0.1, -0.05) is 0 Å². The van der Waals surface area contributed by atoms with Crippen LogP contribution in [0.5, 0.6) is 11.8 Å². The third-order valence-electron chi connectivity index (χ3n) is 2.43. The summed E-state index contributed by atoms with van der Waals surface area (Å²) < 4.78 is 9.24. The Hall–Kier alpha value is -3.15. The molecular formula is C13H15N5O6S. The minimum atomic E-state index is -1.22. The first kappa shape index (κ1) is 18.2. The lowest BCUT2D eigenvalue weighted by Crippen LogP contribution is -2.28. The highest BCUT2D eigenvalue weighted by molar-refractivity contribution is 7.10. The number of carbonyl (C=O) groups is 2. The maximum absolute atomic E-state index is 11.9. The maximum Gasteiger partial charge on any atom is 0.414 e. The van der Waals surface area contributed by atoms with E-state index in [0.717, 1.165) is 23.7 Å². The Kier molecular flexibility index (Phi) is 4.92. The van der Waals surface area contributed by atoms with Crippen molar-refractivity contribution in [2.24, 2.45) is 0 Å². The number of rotatable bonds is 4. The number of amides is 1. The molecule has 2 heterocycles. The zero-order chi connectivity index (χ0) is 18.8. The largest absolute Gasteiger partial charge is 0.492 e. The molecule has 0 saturated heterocycles. The molecule has 0 radical (unpaired) electrons. The normalized spacial score (nSPS) is 11.0. The summed E-state index contributed by atoms with van der Waals surface area (Å²) in [6, 6.07) is 2.19. The molecule has 0 bridgehead atoms. The number of nitrogens with one attached hydrogen (secondary N) is 2. The van der Waals surface area contributed by atoms with Crippen LogP contribution in [0.1, 0.15) is 26.6 Å². The monoisotopic (exact) mass is 369 g/mol. The van der Waals surface area contributed by atoms with E-state index in [1.807, 2.05) is 0 Å². The third kappa shape index (κ3) is 4.67. The summed E-state index contributed by atoms with van der Waals surface area (Å²) in [5.74, 6) is -2.58. The minimum absolute atomic E-state index is 0.0217. The molecule has 0 aliphatic carbocycles. The van der Waals surface area contributed by atoms with Crippen molar-refractivity contribution in [1.29, 1.82) is 5.41 Å². The van der Waals surface area contributed by atoms with E-state index in [1.165, 1.54) is 0 Å². The predicted molar refractivity (Wildman–Crippen MR) is 85.9 cm³/mol. The average Bonchev–Trinajstić information content (AvgIpc) is 3.06. The molecule has 2 aromatic heterocycles. The molecule has 0 aromatic carbocycles. The van der Waals surface area contributed by atoms with Crippen molar-refractivity contribution in [2.75, 3.05) is 5.32 Å². The first-order valence-corrected chi connectivity index (χ1v) is 7.59. The van der Waals surface area contributed by atoms with Gasteiger partial charge in [-0.3, -0.25) is 10.7 Å². The van der Waals surface area contributed by atoms with Gasteiger partial charge in [0.15, 0.2) is 11.5 Å². The molecule has 1 amide bonds. The molecule has 12 heteroatoms. The highest BCUT2D eigenvalue weighted by Crippen LogP contribution is 2.19. The van der Waals surface area contributed by atoms with Crippen molar-refractivity contribution in [3.05, 3.63) is 18.0 Å². The van der Waals surface area contributed by atoms with Gasteiger partial charge in [0.1, 0.15) is 5.60 Å². The Labute approximate surface area is 145 Å². The molecule has 0 fully saturated rings. The van der Waals surface area contributed by atoms with Crippen LogP contribution in [0.3, 0.4) is 0 Å². The fourth-order valence-electron chi connectivity index (χ4n) is 1.48. The molecule has 0 atom stereocenters.